The van der Waals surface area contributed by atoms with Crippen LogP contribution in [0.1, 0.15) is 23.6 Å². The van der Waals surface area contributed by atoms with Gasteiger partial charge in [0.15, 0.2) is 5.96 Å². The third-order valence-electron chi connectivity index (χ3n) is 4.49. The van der Waals surface area contributed by atoms with Crippen LogP contribution in [0.4, 0.5) is 24.8 Å². The van der Waals surface area contributed by atoms with Crippen molar-refractivity contribution in [3.05, 3.63) is 47.8 Å². The van der Waals surface area contributed by atoms with Gasteiger partial charge in [-0.25, -0.2) is 9.97 Å². The molecule has 2 aromatic rings. The van der Waals surface area contributed by atoms with Gasteiger partial charge in [-0.3, -0.25) is 9.79 Å². The summed E-state index contributed by atoms with van der Waals surface area (Å²) in [6.07, 6.45) is -3.09. The molecule has 1 aromatic heterocycles. The summed E-state index contributed by atoms with van der Waals surface area (Å²) >= 11 is 0. The van der Waals surface area contributed by atoms with Gasteiger partial charge in [-0.2, -0.15) is 13.2 Å². The van der Waals surface area contributed by atoms with Crippen molar-refractivity contribution in [2.75, 3.05) is 37.3 Å². The molecule has 0 bridgehead atoms. The summed E-state index contributed by atoms with van der Waals surface area (Å²) in [6.45, 7) is 1.17. The molecule has 0 saturated heterocycles. The molecule has 0 fully saturated rings. The standard InChI is InChI=1S/C19H22F3N7O.HI/c1-23-17(25-8-9-26-18-24-7-6-15(29-18)19(20,21)22)27-11-12-10-16(30)28-14-5-3-2-4-13(12)14;/h2-7,12H,8-11H2,1H3,(H,28,30)(H2,23,25,27)(H,24,26,29);1H. The molecule has 0 saturated carbocycles. The lowest BCUT2D eigenvalue weighted by Crippen LogP contribution is -2.42. The molecule has 1 atom stereocenters. The molecule has 8 nitrogen and oxygen atoms in total. The van der Waals surface area contributed by atoms with E-state index in [1.54, 1.807) is 7.05 Å². The zero-order valence-electron chi connectivity index (χ0n) is 16.7. The maximum Gasteiger partial charge on any atom is 0.433 e. The quantitative estimate of drug-likeness (QED) is 0.191. The van der Waals surface area contributed by atoms with Crippen molar-refractivity contribution < 1.29 is 18.0 Å². The maximum absolute atomic E-state index is 12.7. The van der Waals surface area contributed by atoms with Gasteiger partial charge >= 0.3 is 6.18 Å². The summed E-state index contributed by atoms with van der Waals surface area (Å²) in [6, 6.07) is 8.47. The first-order valence-corrected chi connectivity index (χ1v) is 9.34. The van der Waals surface area contributed by atoms with Gasteiger partial charge in [0.1, 0.15) is 5.69 Å². The molecule has 0 aliphatic carbocycles. The number of hydrogen-bond donors (Lipinski definition) is 4. The van der Waals surface area contributed by atoms with E-state index in [0.717, 1.165) is 23.5 Å². The number of hydrogen-bond acceptors (Lipinski definition) is 5. The van der Waals surface area contributed by atoms with Gasteiger partial charge in [-0.1, -0.05) is 18.2 Å². The number of nitrogens with zero attached hydrogens (tertiary/aromatic N) is 3. The van der Waals surface area contributed by atoms with Gasteiger partial charge < -0.3 is 21.3 Å². The van der Waals surface area contributed by atoms with Crippen molar-refractivity contribution in [1.82, 2.24) is 20.6 Å². The van der Waals surface area contributed by atoms with Gasteiger partial charge in [0, 0.05) is 50.9 Å². The summed E-state index contributed by atoms with van der Waals surface area (Å²) in [4.78, 5) is 23.3. The predicted molar refractivity (Wildman–Crippen MR) is 123 cm³/mol. The molecule has 4 N–H and O–H groups in total. The van der Waals surface area contributed by atoms with Gasteiger partial charge in [0.05, 0.1) is 0 Å². The van der Waals surface area contributed by atoms with Crippen molar-refractivity contribution >= 4 is 47.5 Å². The van der Waals surface area contributed by atoms with E-state index in [1.165, 1.54) is 0 Å². The largest absolute Gasteiger partial charge is 0.433 e. The number of nitrogens with one attached hydrogen (secondary N) is 4. The monoisotopic (exact) mass is 549 g/mol. The fourth-order valence-electron chi connectivity index (χ4n) is 3.08. The number of carbonyl (C=O) groups excluding carboxylic acids is 1. The van der Waals surface area contributed by atoms with Gasteiger partial charge in [-0.15, -0.1) is 24.0 Å². The fourth-order valence-corrected chi connectivity index (χ4v) is 3.08. The number of amides is 1. The minimum absolute atomic E-state index is 0. The molecular weight excluding hydrogens is 526 g/mol. The lowest BCUT2D eigenvalue weighted by Gasteiger charge is -2.26. The molecule has 168 valence electrons. The molecule has 2 heterocycles. The highest BCUT2D eigenvalue weighted by Gasteiger charge is 2.32. The summed E-state index contributed by atoms with van der Waals surface area (Å²) in [5.41, 5.74) is 0.874. The average molecular weight is 549 g/mol. The number of aliphatic imine (C=N–C) groups is 1. The number of guanidine groups is 1. The topological polar surface area (TPSA) is 103 Å². The van der Waals surface area contributed by atoms with Crippen LogP contribution in [0.15, 0.2) is 41.5 Å². The predicted octanol–water partition coefficient (Wildman–Crippen LogP) is 2.82. The third-order valence-corrected chi connectivity index (χ3v) is 4.49. The van der Waals surface area contributed by atoms with Crippen molar-refractivity contribution in [2.45, 2.75) is 18.5 Å². The highest BCUT2D eigenvalue weighted by Crippen LogP contribution is 2.31. The Bertz CT molecular complexity index is 923. The molecule has 0 radical (unpaired) electrons. The van der Waals surface area contributed by atoms with Crippen LogP contribution in [0.25, 0.3) is 0 Å². The highest BCUT2D eigenvalue weighted by atomic mass is 127. The lowest BCUT2D eigenvalue weighted by atomic mass is 9.90. The first-order valence-electron chi connectivity index (χ1n) is 9.34. The van der Waals surface area contributed by atoms with E-state index in [1.807, 2.05) is 24.3 Å². The Kier molecular flexibility index (Phi) is 8.83. The van der Waals surface area contributed by atoms with Crippen LogP contribution in [-0.2, 0) is 11.0 Å². The minimum atomic E-state index is -4.52. The van der Waals surface area contributed by atoms with Crippen LogP contribution in [0.2, 0.25) is 0 Å². The molecule has 1 unspecified atom stereocenters. The van der Waals surface area contributed by atoms with Crippen molar-refractivity contribution in [2.24, 2.45) is 4.99 Å². The number of fused-ring (bicyclic) bond motifs is 1. The van der Waals surface area contributed by atoms with E-state index in [0.29, 0.717) is 25.5 Å². The molecule has 1 amide bonds. The summed E-state index contributed by atoms with van der Waals surface area (Å²) in [5.74, 6) is 0.392. The van der Waals surface area contributed by atoms with Gasteiger partial charge in [0.2, 0.25) is 11.9 Å². The molecule has 0 spiro atoms. The van der Waals surface area contributed by atoms with Gasteiger partial charge in [0.25, 0.3) is 0 Å². The number of halogens is 4. The Labute approximate surface area is 194 Å². The van der Waals surface area contributed by atoms with Crippen molar-refractivity contribution in [3.63, 3.8) is 0 Å². The normalized spacial score (nSPS) is 15.9. The Morgan fingerprint density at radius 3 is 2.74 bits per heavy atom. The van der Waals surface area contributed by atoms with Crippen LogP contribution in [0.5, 0.6) is 0 Å². The molecule has 31 heavy (non-hydrogen) atoms. The smallest absolute Gasteiger partial charge is 0.356 e. The summed E-state index contributed by atoms with van der Waals surface area (Å²) in [5, 5.41) is 11.8. The zero-order chi connectivity index (χ0) is 21.6. The van der Waals surface area contributed by atoms with Gasteiger partial charge in [-0.05, 0) is 17.7 Å². The molecular formula is C19H23F3IN7O. The van der Waals surface area contributed by atoms with Crippen molar-refractivity contribution in [3.8, 4) is 0 Å². The number of benzene rings is 1. The Hall–Kier alpha value is -2.64. The van der Waals surface area contributed by atoms with Crippen LogP contribution in [0, 0.1) is 0 Å². The zero-order valence-corrected chi connectivity index (χ0v) is 19.0. The summed E-state index contributed by atoms with van der Waals surface area (Å²) < 4.78 is 38.1. The first-order chi connectivity index (χ1) is 14.4. The maximum atomic E-state index is 12.7. The second kappa shape index (κ2) is 11.1. The number of aromatic nitrogens is 2. The van der Waals surface area contributed by atoms with Crippen LogP contribution < -0.4 is 21.3 Å². The second-order valence-corrected chi connectivity index (χ2v) is 6.61. The second-order valence-electron chi connectivity index (χ2n) is 6.61. The first kappa shape index (κ1) is 24.6. The van der Waals surface area contributed by atoms with E-state index >= 15 is 0 Å². The third kappa shape index (κ3) is 6.94. The molecule has 3 rings (SSSR count). The fraction of sp³-hybridized carbons (Fsp3) is 0.368. The highest BCUT2D eigenvalue weighted by molar-refractivity contribution is 14.0. The van der Waals surface area contributed by atoms with E-state index in [9.17, 15) is 18.0 Å². The Morgan fingerprint density at radius 2 is 2.00 bits per heavy atom. The number of para-hydroxylation sites is 1. The Morgan fingerprint density at radius 1 is 1.23 bits per heavy atom. The Balaban J connectivity index is 0.00000341. The van der Waals surface area contributed by atoms with E-state index in [2.05, 4.69) is 36.2 Å². The van der Waals surface area contributed by atoms with E-state index < -0.39 is 11.9 Å². The van der Waals surface area contributed by atoms with Crippen LogP contribution >= 0.6 is 24.0 Å². The molecule has 1 aliphatic rings. The van der Waals surface area contributed by atoms with Crippen molar-refractivity contribution in [1.29, 1.82) is 0 Å². The lowest BCUT2D eigenvalue weighted by molar-refractivity contribution is -0.141. The van der Waals surface area contributed by atoms with E-state index in [-0.39, 0.29) is 48.3 Å². The molecule has 1 aliphatic heterocycles. The minimum Gasteiger partial charge on any atom is -0.356 e. The number of anilines is 2. The number of carbonyl (C=O) groups is 1. The van der Waals surface area contributed by atoms with Crippen LogP contribution in [0.3, 0.4) is 0 Å². The molecule has 1 aromatic carbocycles. The molecule has 12 heteroatoms. The van der Waals surface area contributed by atoms with Crippen LogP contribution in [-0.4, -0.2) is 48.5 Å². The SMILES string of the molecule is CN=C(NCCNc1nccc(C(F)(F)F)n1)NCC1CC(=O)Nc2ccccc21.I. The average Bonchev–Trinajstić information content (AvgIpc) is 2.72. The number of alkyl halides is 3. The van der Waals surface area contributed by atoms with E-state index in [4.69, 9.17) is 0 Å². The summed E-state index contributed by atoms with van der Waals surface area (Å²) in [7, 11) is 1.61. The number of rotatable bonds is 6.